The van der Waals surface area contributed by atoms with Crippen LogP contribution in [0.15, 0.2) is 35.8 Å². The molecule has 0 saturated heterocycles. The number of halogens is 1. The molecular formula is C20H27BrN6O3. The van der Waals surface area contributed by atoms with E-state index in [2.05, 4.69) is 53.1 Å². The lowest BCUT2D eigenvalue weighted by Crippen LogP contribution is -2.19. The van der Waals surface area contributed by atoms with Gasteiger partial charge in [0.1, 0.15) is 5.76 Å². The lowest BCUT2D eigenvalue weighted by atomic mass is 10.2. The summed E-state index contributed by atoms with van der Waals surface area (Å²) >= 11 is 3.20. The van der Waals surface area contributed by atoms with Crippen LogP contribution in [0.3, 0.4) is 0 Å². The smallest absolute Gasteiger partial charge is 0.229 e. The Kier molecular flexibility index (Phi) is 10.6. The largest absolute Gasteiger partial charge is 0.494 e. The molecule has 2 rings (SSSR count). The molecule has 0 spiro atoms. The van der Waals surface area contributed by atoms with E-state index < -0.39 is 0 Å². The zero-order valence-corrected chi connectivity index (χ0v) is 19.4. The number of amides is 2. The molecule has 162 valence electrons. The molecule has 2 amide bonds. The third-order valence-electron chi connectivity index (χ3n) is 3.43. The highest BCUT2D eigenvalue weighted by atomic mass is 79.9. The van der Waals surface area contributed by atoms with Crippen molar-refractivity contribution in [3.05, 3.63) is 41.4 Å². The number of nitrogens with one attached hydrogen (secondary N) is 2. The Bertz CT molecular complexity index is 839. The van der Waals surface area contributed by atoms with E-state index in [0.717, 1.165) is 4.47 Å². The second-order valence-corrected chi connectivity index (χ2v) is 7.58. The molecule has 2 aromatic heterocycles. The van der Waals surface area contributed by atoms with Gasteiger partial charge in [0.05, 0.1) is 16.6 Å². The second kappa shape index (κ2) is 12.6. The minimum absolute atomic E-state index is 0.0627. The zero-order valence-electron chi connectivity index (χ0n) is 17.8. The number of rotatable bonds is 7. The number of ether oxygens (including phenoxy) is 1. The first-order valence-electron chi connectivity index (χ1n) is 9.37. The minimum atomic E-state index is -0.110. The van der Waals surface area contributed by atoms with Crippen molar-refractivity contribution in [3.8, 4) is 0 Å². The summed E-state index contributed by atoms with van der Waals surface area (Å²) in [5.41, 5.74) is 0.703. The number of hydrogen-bond donors (Lipinski definition) is 2. The maximum Gasteiger partial charge on any atom is 0.229 e. The summed E-state index contributed by atoms with van der Waals surface area (Å²) in [4.78, 5) is 38.5. The van der Waals surface area contributed by atoms with Gasteiger partial charge >= 0.3 is 0 Å². The summed E-state index contributed by atoms with van der Waals surface area (Å²) < 4.78 is 6.01. The molecular weight excluding hydrogens is 452 g/mol. The van der Waals surface area contributed by atoms with Crippen molar-refractivity contribution in [2.75, 3.05) is 17.2 Å². The highest BCUT2D eigenvalue weighted by Crippen LogP contribution is 2.12. The Balaban J connectivity index is 0.000000311. The number of hydrogen-bond acceptors (Lipinski definition) is 7. The van der Waals surface area contributed by atoms with Crippen molar-refractivity contribution in [2.24, 2.45) is 11.8 Å². The van der Waals surface area contributed by atoms with Gasteiger partial charge in [0.15, 0.2) is 0 Å². The van der Waals surface area contributed by atoms with Gasteiger partial charge in [-0.15, -0.1) is 0 Å². The van der Waals surface area contributed by atoms with Crippen LogP contribution in [0.5, 0.6) is 0 Å². The molecule has 9 nitrogen and oxygen atoms in total. The Morgan fingerprint density at radius 3 is 1.70 bits per heavy atom. The zero-order chi connectivity index (χ0) is 22.7. The van der Waals surface area contributed by atoms with E-state index in [-0.39, 0.29) is 29.6 Å². The minimum Gasteiger partial charge on any atom is -0.494 e. The molecule has 2 aromatic rings. The van der Waals surface area contributed by atoms with Crippen LogP contribution in [0, 0.1) is 11.8 Å². The van der Waals surface area contributed by atoms with E-state index in [1.54, 1.807) is 38.6 Å². The molecule has 0 fully saturated rings. The summed E-state index contributed by atoms with van der Waals surface area (Å²) in [6, 6.07) is 0. The fourth-order valence-electron chi connectivity index (χ4n) is 1.68. The monoisotopic (exact) mass is 478 g/mol. The lowest BCUT2D eigenvalue weighted by molar-refractivity contribution is -0.119. The molecule has 0 atom stereocenters. The topological polar surface area (TPSA) is 119 Å². The van der Waals surface area contributed by atoms with Crippen molar-refractivity contribution < 1.29 is 14.3 Å². The van der Waals surface area contributed by atoms with Crippen LogP contribution in [0.2, 0.25) is 0 Å². The predicted molar refractivity (Wildman–Crippen MR) is 119 cm³/mol. The normalized spacial score (nSPS) is 10.1. The van der Waals surface area contributed by atoms with E-state index in [0.29, 0.717) is 23.9 Å². The van der Waals surface area contributed by atoms with Crippen LogP contribution in [0.4, 0.5) is 11.9 Å². The van der Waals surface area contributed by atoms with Gasteiger partial charge in [-0.3, -0.25) is 20.2 Å². The molecule has 2 N–H and O–H groups in total. The van der Waals surface area contributed by atoms with Crippen LogP contribution in [0.1, 0.15) is 40.2 Å². The van der Waals surface area contributed by atoms with Crippen molar-refractivity contribution in [1.29, 1.82) is 0 Å². The summed E-state index contributed by atoms with van der Waals surface area (Å²) in [6.45, 7) is 13.4. The summed E-state index contributed by atoms with van der Waals surface area (Å²) in [7, 11) is 0. The van der Waals surface area contributed by atoms with Gasteiger partial charge in [-0.25, -0.2) is 19.9 Å². The first-order chi connectivity index (χ1) is 14.1. The van der Waals surface area contributed by atoms with E-state index >= 15 is 0 Å². The number of anilines is 2. The van der Waals surface area contributed by atoms with Gasteiger partial charge in [0.25, 0.3) is 0 Å². The highest BCUT2D eigenvalue weighted by molar-refractivity contribution is 9.10. The highest BCUT2D eigenvalue weighted by Gasteiger charge is 2.09. The number of nitrogens with zero attached hydrogens (tertiary/aromatic N) is 4. The van der Waals surface area contributed by atoms with Crippen LogP contribution in [0.25, 0.3) is 5.76 Å². The SMILES string of the molecule is C=C(OCC)c1cnc(NC(=O)C(C)C)nc1.CC(C)C(=O)Nc1ncc(Br)cn1. The second-order valence-electron chi connectivity index (χ2n) is 6.66. The molecule has 30 heavy (non-hydrogen) atoms. The first kappa shape index (κ1) is 25.2. The van der Waals surface area contributed by atoms with Gasteiger partial charge in [-0.1, -0.05) is 34.3 Å². The van der Waals surface area contributed by atoms with Crippen molar-refractivity contribution in [2.45, 2.75) is 34.6 Å². The standard InChI is InChI=1S/C12H17N3O2.C8H10BrN3O/c1-5-17-9(4)10-6-13-12(14-7-10)15-11(16)8(2)3;1-5(2)7(13)12-8-10-3-6(9)4-11-8/h6-8H,4-5H2,1-3H3,(H,13,14,15,16);3-5H,1-2H3,(H,10,11,12,13). The molecule has 0 unspecified atom stereocenters. The molecule has 0 bridgehead atoms. The Hall–Kier alpha value is -2.88. The fourth-order valence-corrected chi connectivity index (χ4v) is 1.88. The third kappa shape index (κ3) is 9.08. The van der Waals surface area contributed by atoms with Crippen LogP contribution >= 0.6 is 15.9 Å². The molecule has 2 heterocycles. The van der Waals surface area contributed by atoms with Gasteiger partial charge in [-0.05, 0) is 22.9 Å². The molecule has 0 aliphatic carbocycles. The Labute approximate surface area is 184 Å². The molecule has 0 aromatic carbocycles. The summed E-state index contributed by atoms with van der Waals surface area (Å²) in [5.74, 6) is 0.792. The number of carbonyl (C=O) groups is 2. The summed E-state index contributed by atoms with van der Waals surface area (Å²) in [5, 5.41) is 5.19. The quantitative estimate of drug-likeness (QED) is 0.578. The molecule has 0 saturated carbocycles. The predicted octanol–water partition coefficient (Wildman–Crippen LogP) is 3.91. The summed E-state index contributed by atoms with van der Waals surface area (Å²) in [6.07, 6.45) is 6.31. The van der Waals surface area contributed by atoms with Gasteiger partial charge in [-0.2, -0.15) is 0 Å². The van der Waals surface area contributed by atoms with Gasteiger partial charge < -0.3 is 4.74 Å². The van der Waals surface area contributed by atoms with Crippen LogP contribution in [-0.2, 0) is 14.3 Å². The van der Waals surface area contributed by atoms with Crippen LogP contribution in [-0.4, -0.2) is 38.4 Å². The molecule has 0 aliphatic rings. The molecule has 0 aliphatic heterocycles. The van der Waals surface area contributed by atoms with Crippen molar-refractivity contribution >= 4 is 45.4 Å². The average molecular weight is 479 g/mol. The first-order valence-corrected chi connectivity index (χ1v) is 10.2. The molecule has 10 heteroatoms. The number of carbonyl (C=O) groups excluding carboxylic acids is 2. The van der Waals surface area contributed by atoms with E-state index in [4.69, 9.17) is 4.74 Å². The maximum absolute atomic E-state index is 11.4. The van der Waals surface area contributed by atoms with Crippen molar-refractivity contribution in [1.82, 2.24) is 19.9 Å². The number of aromatic nitrogens is 4. The Morgan fingerprint density at radius 1 is 0.933 bits per heavy atom. The molecule has 0 radical (unpaired) electrons. The van der Waals surface area contributed by atoms with E-state index in [1.165, 1.54) is 0 Å². The van der Waals surface area contributed by atoms with Crippen molar-refractivity contribution in [3.63, 3.8) is 0 Å². The van der Waals surface area contributed by atoms with E-state index in [9.17, 15) is 9.59 Å². The Morgan fingerprint density at radius 2 is 1.33 bits per heavy atom. The average Bonchev–Trinajstić information content (AvgIpc) is 2.70. The third-order valence-corrected chi connectivity index (χ3v) is 3.84. The maximum atomic E-state index is 11.4. The fraction of sp³-hybridized carbons (Fsp3) is 0.400. The van der Waals surface area contributed by atoms with Gasteiger partial charge in [0.2, 0.25) is 23.7 Å². The van der Waals surface area contributed by atoms with Gasteiger partial charge in [0, 0.05) is 36.6 Å². The van der Waals surface area contributed by atoms with Crippen LogP contribution < -0.4 is 10.6 Å². The lowest BCUT2D eigenvalue weighted by Gasteiger charge is -2.08. The van der Waals surface area contributed by atoms with E-state index in [1.807, 2.05) is 20.8 Å².